The van der Waals surface area contributed by atoms with Crippen LogP contribution in [-0.4, -0.2) is 12.3 Å². The highest BCUT2D eigenvalue weighted by molar-refractivity contribution is 7.80. The summed E-state index contributed by atoms with van der Waals surface area (Å²) in [7, 11) is -0.908. The Balaban J connectivity index is 1.40. The number of hydrogen-bond acceptors (Lipinski definition) is 4. The molecule has 184 valence electrons. The van der Waals surface area contributed by atoms with Crippen molar-refractivity contribution in [3.8, 4) is 28.4 Å². The Bertz CT molecular complexity index is 1670. The highest BCUT2D eigenvalue weighted by Gasteiger charge is 2.33. The molecule has 2 atom stereocenters. The number of thiol groups is 1. The lowest BCUT2D eigenvalue weighted by Crippen LogP contribution is -2.28. The van der Waals surface area contributed by atoms with Crippen LogP contribution in [0.5, 0.6) is 17.2 Å². The minimum absolute atomic E-state index is 0.220. The Morgan fingerprint density at radius 1 is 0.895 bits per heavy atom. The van der Waals surface area contributed by atoms with Gasteiger partial charge in [-0.1, -0.05) is 85.0 Å². The van der Waals surface area contributed by atoms with E-state index in [2.05, 4.69) is 116 Å². The Morgan fingerprint density at radius 3 is 2.58 bits per heavy atom. The molecular weight excluding hydrogens is 505 g/mol. The molecule has 38 heavy (non-hydrogen) atoms. The number of para-hydroxylation sites is 1. The molecule has 4 aromatic carbocycles. The molecule has 3 nitrogen and oxygen atoms in total. The molecule has 0 saturated carbocycles. The highest BCUT2D eigenvalue weighted by Crippen LogP contribution is 2.50. The molecule has 0 radical (unpaired) electrons. The number of rotatable bonds is 4. The van der Waals surface area contributed by atoms with Crippen molar-refractivity contribution in [3.05, 3.63) is 126 Å². The molecule has 3 aliphatic heterocycles. The molecule has 4 aliphatic rings. The molecule has 4 aromatic rings. The second-order valence-electron chi connectivity index (χ2n) is 9.45. The zero-order valence-electron chi connectivity index (χ0n) is 20.5. The zero-order chi connectivity index (χ0) is 25.5. The summed E-state index contributed by atoms with van der Waals surface area (Å²) in [5.41, 5.74) is 5.57. The predicted molar refractivity (Wildman–Crippen MR) is 162 cm³/mol. The van der Waals surface area contributed by atoms with Gasteiger partial charge in [0.15, 0.2) is 0 Å². The summed E-state index contributed by atoms with van der Waals surface area (Å²) in [4.78, 5) is 4.79. The van der Waals surface area contributed by atoms with Gasteiger partial charge in [-0.2, -0.15) is 0 Å². The summed E-state index contributed by atoms with van der Waals surface area (Å²) in [6.07, 6.45) is 11.8. The van der Waals surface area contributed by atoms with E-state index in [9.17, 15) is 0 Å². The van der Waals surface area contributed by atoms with Crippen LogP contribution in [0, 0.1) is 0 Å². The standard InChI is InChI=1S/C33H24NO2PS/c38-36-30-18-17-28(24-8-6-7-23(20-24)25-19-22-13-15-26(16-14-22)34-21-25)32-33(30)37(27-9-2-1-3-10-27)31-12-5-4-11-29(31)35-32/h1-15,17-21,26,38H,16H2/b25-19+,34-21?. The molecule has 1 aliphatic carbocycles. The van der Waals surface area contributed by atoms with E-state index in [1.54, 1.807) is 0 Å². The molecule has 8 rings (SSSR count). The molecule has 0 spiro atoms. The predicted octanol–water partition coefficient (Wildman–Crippen LogP) is 7.16. The van der Waals surface area contributed by atoms with Crippen LogP contribution in [0.2, 0.25) is 0 Å². The van der Waals surface area contributed by atoms with E-state index in [4.69, 9.17) is 13.9 Å². The second-order valence-corrected chi connectivity index (χ2v) is 11.7. The monoisotopic (exact) mass is 529 g/mol. The molecule has 3 heterocycles. The fourth-order valence-electron chi connectivity index (χ4n) is 5.23. The van der Waals surface area contributed by atoms with E-state index < -0.39 is 7.92 Å². The summed E-state index contributed by atoms with van der Waals surface area (Å²) in [5, 5.41) is 3.46. The van der Waals surface area contributed by atoms with Gasteiger partial charge in [-0.25, -0.2) is 0 Å². The SMILES string of the molecule is SOc1ccc(-c2cccc(/C3=C/C4=CCC(C=C4)N=C3)c2)c2c1P(c1ccccc1)c1ccccc1O2. The quantitative estimate of drug-likeness (QED) is 0.152. The van der Waals surface area contributed by atoms with Gasteiger partial charge in [-0.05, 0) is 66.7 Å². The van der Waals surface area contributed by atoms with Crippen molar-refractivity contribution in [1.82, 2.24) is 0 Å². The summed E-state index contributed by atoms with van der Waals surface area (Å²) < 4.78 is 12.3. The van der Waals surface area contributed by atoms with Gasteiger partial charge in [-0.15, -0.1) is 0 Å². The lowest BCUT2D eigenvalue weighted by atomic mass is 9.94. The number of ether oxygens (including phenoxy) is 1. The van der Waals surface area contributed by atoms with Crippen molar-refractivity contribution in [2.45, 2.75) is 12.5 Å². The van der Waals surface area contributed by atoms with Crippen LogP contribution in [0.25, 0.3) is 16.7 Å². The minimum atomic E-state index is -0.908. The van der Waals surface area contributed by atoms with Crippen LogP contribution in [-0.2, 0) is 0 Å². The minimum Gasteiger partial charge on any atom is -0.455 e. The normalized spacial score (nSPS) is 20.2. The van der Waals surface area contributed by atoms with Crippen molar-refractivity contribution in [2.75, 3.05) is 0 Å². The molecule has 0 N–H and O–H groups in total. The van der Waals surface area contributed by atoms with Crippen molar-refractivity contribution in [1.29, 1.82) is 0 Å². The maximum atomic E-state index is 6.66. The zero-order valence-corrected chi connectivity index (χ0v) is 22.3. The third-order valence-electron chi connectivity index (χ3n) is 7.09. The molecule has 0 amide bonds. The summed E-state index contributed by atoms with van der Waals surface area (Å²) in [5.74, 6) is 2.43. The van der Waals surface area contributed by atoms with Crippen LogP contribution < -0.4 is 24.8 Å². The van der Waals surface area contributed by atoms with Crippen LogP contribution in [0.15, 0.2) is 126 Å². The van der Waals surface area contributed by atoms with Gasteiger partial charge >= 0.3 is 0 Å². The summed E-state index contributed by atoms with van der Waals surface area (Å²) >= 11 is 4.24. The summed E-state index contributed by atoms with van der Waals surface area (Å²) in [6.45, 7) is 0. The Labute approximate surface area is 229 Å². The van der Waals surface area contributed by atoms with E-state index >= 15 is 0 Å². The van der Waals surface area contributed by atoms with Gasteiger partial charge in [0.05, 0.1) is 11.3 Å². The van der Waals surface area contributed by atoms with Crippen molar-refractivity contribution in [2.24, 2.45) is 4.99 Å². The van der Waals surface area contributed by atoms with Gasteiger partial charge in [0, 0.05) is 35.6 Å². The Morgan fingerprint density at radius 2 is 1.74 bits per heavy atom. The van der Waals surface area contributed by atoms with E-state index in [0.717, 1.165) is 51.2 Å². The van der Waals surface area contributed by atoms with Crippen molar-refractivity contribution < 1.29 is 8.92 Å². The van der Waals surface area contributed by atoms with E-state index in [0.29, 0.717) is 0 Å². The van der Waals surface area contributed by atoms with E-state index in [1.807, 2.05) is 18.3 Å². The second kappa shape index (κ2) is 9.79. The smallest absolute Gasteiger partial charge is 0.149 e. The van der Waals surface area contributed by atoms with Gasteiger partial charge < -0.3 is 8.92 Å². The molecule has 0 saturated heterocycles. The first-order chi connectivity index (χ1) is 18.8. The number of hydrogen-bond donors (Lipinski definition) is 1. The van der Waals surface area contributed by atoms with Crippen LogP contribution in [0.3, 0.4) is 0 Å². The topological polar surface area (TPSA) is 30.8 Å². The average molecular weight is 530 g/mol. The molecule has 0 fully saturated rings. The van der Waals surface area contributed by atoms with Gasteiger partial charge in [0.25, 0.3) is 0 Å². The maximum absolute atomic E-state index is 6.66. The first-order valence-electron chi connectivity index (χ1n) is 12.6. The molecule has 2 bridgehead atoms. The lowest BCUT2D eigenvalue weighted by molar-refractivity contribution is 0.488. The van der Waals surface area contributed by atoms with Crippen molar-refractivity contribution in [3.63, 3.8) is 0 Å². The number of nitrogens with zero attached hydrogens (tertiary/aromatic N) is 1. The van der Waals surface area contributed by atoms with Gasteiger partial charge in [-0.3, -0.25) is 4.99 Å². The third kappa shape index (κ3) is 4.11. The molecular formula is C33H24NO2PS. The molecule has 0 aromatic heterocycles. The summed E-state index contributed by atoms with van der Waals surface area (Å²) in [6, 6.07) is 31.8. The number of benzene rings is 4. The first-order valence-corrected chi connectivity index (χ1v) is 14.3. The Kier molecular flexibility index (Phi) is 6.00. The number of aliphatic imine (C=N–C) groups is 1. The van der Waals surface area contributed by atoms with E-state index in [1.165, 1.54) is 16.2 Å². The fraction of sp³-hybridized carbons (Fsp3) is 0.0606. The molecule has 5 heteroatoms. The van der Waals surface area contributed by atoms with Gasteiger partial charge in [0.2, 0.25) is 0 Å². The van der Waals surface area contributed by atoms with Gasteiger partial charge in [0.1, 0.15) is 17.2 Å². The van der Waals surface area contributed by atoms with Crippen LogP contribution >= 0.6 is 20.8 Å². The van der Waals surface area contributed by atoms with Crippen molar-refractivity contribution >= 4 is 48.5 Å². The Hall–Kier alpha value is -3.85. The lowest BCUT2D eigenvalue weighted by Gasteiger charge is -2.31. The number of allylic oxidation sites excluding steroid dienone is 4. The van der Waals surface area contributed by atoms with Crippen LogP contribution in [0.1, 0.15) is 12.0 Å². The third-order valence-corrected chi connectivity index (χ3v) is 9.82. The van der Waals surface area contributed by atoms with Crippen LogP contribution in [0.4, 0.5) is 0 Å². The maximum Gasteiger partial charge on any atom is 0.149 e. The fourth-order valence-corrected chi connectivity index (χ4v) is 7.99. The highest BCUT2D eigenvalue weighted by atomic mass is 32.1. The first kappa shape index (κ1) is 23.3. The largest absolute Gasteiger partial charge is 0.455 e. The average Bonchev–Trinajstić information content (AvgIpc) is 2.96. The molecule has 2 unspecified atom stereocenters. The van der Waals surface area contributed by atoms with E-state index in [-0.39, 0.29) is 6.04 Å². The number of fused-ring (bicyclic) bond motifs is 4.